The Balaban J connectivity index is 1.90. The third kappa shape index (κ3) is 3.09. The summed E-state index contributed by atoms with van der Waals surface area (Å²) in [7, 11) is 1.68. The number of aromatic nitrogens is 1. The SMILES string of the molecule is COc1c(C)cnc(CN2CCNC(=O)[C@@H]2c2cccs2)c1C. The number of ether oxygens (including phenoxy) is 1. The summed E-state index contributed by atoms with van der Waals surface area (Å²) in [5.74, 6) is 0.944. The van der Waals surface area contributed by atoms with Crippen LogP contribution in [-0.2, 0) is 11.3 Å². The highest BCUT2D eigenvalue weighted by molar-refractivity contribution is 7.10. The number of carbonyl (C=O) groups is 1. The first kappa shape index (κ1) is 16.0. The number of hydrogen-bond donors (Lipinski definition) is 1. The van der Waals surface area contributed by atoms with Gasteiger partial charge >= 0.3 is 0 Å². The van der Waals surface area contributed by atoms with Crippen LogP contribution in [0.25, 0.3) is 0 Å². The van der Waals surface area contributed by atoms with Crippen molar-refractivity contribution in [2.45, 2.75) is 26.4 Å². The van der Waals surface area contributed by atoms with E-state index in [1.54, 1.807) is 18.4 Å². The minimum absolute atomic E-state index is 0.0652. The van der Waals surface area contributed by atoms with Gasteiger partial charge in [0.15, 0.2) is 0 Å². The number of amides is 1. The molecule has 0 unspecified atom stereocenters. The fraction of sp³-hybridized carbons (Fsp3) is 0.412. The van der Waals surface area contributed by atoms with E-state index in [1.165, 1.54) is 0 Å². The highest BCUT2D eigenvalue weighted by Crippen LogP contribution is 2.30. The number of rotatable bonds is 4. The Kier molecular flexibility index (Phi) is 4.63. The Morgan fingerprint density at radius 2 is 2.30 bits per heavy atom. The predicted molar refractivity (Wildman–Crippen MR) is 90.7 cm³/mol. The first-order valence-electron chi connectivity index (χ1n) is 7.66. The maximum atomic E-state index is 12.4. The summed E-state index contributed by atoms with van der Waals surface area (Å²) in [6.45, 7) is 6.14. The molecule has 0 aromatic carbocycles. The average molecular weight is 331 g/mol. The van der Waals surface area contributed by atoms with Crippen molar-refractivity contribution < 1.29 is 9.53 Å². The Hall–Kier alpha value is -1.92. The fourth-order valence-corrected chi connectivity index (χ4v) is 3.92. The quantitative estimate of drug-likeness (QED) is 0.935. The average Bonchev–Trinajstić information content (AvgIpc) is 3.05. The summed E-state index contributed by atoms with van der Waals surface area (Å²) < 4.78 is 5.49. The number of methoxy groups -OCH3 is 1. The Bertz CT molecular complexity index is 700. The summed E-state index contributed by atoms with van der Waals surface area (Å²) in [4.78, 5) is 20.2. The number of aryl methyl sites for hydroxylation is 1. The molecular weight excluding hydrogens is 310 g/mol. The van der Waals surface area contributed by atoms with Crippen LogP contribution < -0.4 is 10.1 Å². The lowest BCUT2D eigenvalue weighted by Crippen LogP contribution is -2.49. The van der Waals surface area contributed by atoms with Crippen LogP contribution >= 0.6 is 11.3 Å². The van der Waals surface area contributed by atoms with E-state index in [0.29, 0.717) is 13.1 Å². The van der Waals surface area contributed by atoms with Gasteiger partial charge < -0.3 is 10.1 Å². The van der Waals surface area contributed by atoms with Crippen LogP contribution in [-0.4, -0.2) is 36.0 Å². The Labute approximate surface area is 140 Å². The first-order valence-corrected chi connectivity index (χ1v) is 8.54. The van der Waals surface area contributed by atoms with Gasteiger partial charge in [-0.2, -0.15) is 0 Å². The van der Waals surface area contributed by atoms with Crippen LogP contribution in [0.1, 0.15) is 27.7 Å². The molecule has 1 amide bonds. The zero-order chi connectivity index (χ0) is 16.4. The predicted octanol–water partition coefficient (Wildman–Crippen LogP) is 2.44. The monoisotopic (exact) mass is 331 g/mol. The molecule has 0 bridgehead atoms. The number of piperazine rings is 1. The van der Waals surface area contributed by atoms with E-state index in [0.717, 1.165) is 34.0 Å². The summed E-state index contributed by atoms with van der Waals surface area (Å²) in [6.07, 6.45) is 1.84. The molecule has 1 fully saturated rings. The molecule has 2 aromatic heterocycles. The van der Waals surface area contributed by atoms with Gasteiger partial charge in [0.25, 0.3) is 0 Å². The van der Waals surface area contributed by atoms with Gasteiger partial charge in [-0.25, -0.2) is 0 Å². The maximum Gasteiger partial charge on any atom is 0.242 e. The fourth-order valence-electron chi connectivity index (χ4n) is 3.06. The first-order chi connectivity index (χ1) is 11.1. The van der Waals surface area contributed by atoms with Gasteiger partial charge in [-0.05, 0) is 25.3 Å². The van der Waals surface area contributed by atoms with Gasteiger partial charge in [0.1, 0.15) is 11.8 Å². The third-order valence-corrected chi connectivity index (χ3v) is 5.15. The van der Waals surface area contributed by atoms with Crippen molar-refractivity contribution in [2.24, 2.45) is 0 Å². The smallest absolute Gasteiger partial charge is 0.242 e. The molecule has 3 heterocycles. The molecule has 1 aliphatic rings. The van der Waals surface area contributed by atoms with Gasteiger partial charge in [-0.3, -0.25) is 14.7 Å². The highest BCUT2D eigenvalue weighted by atomic mass is 32.1. The Morgan fingerprint density at radius 3 is 3.00 bits per heavy atom. The van der Waals surface area contributed by atoms with Crippen LogP contribution in [0.15, 0.2) is 23.7 Å². The van der Waals surface area contributed by atoms with Crippen LogP contribution in [0.3, 0.4) is 0 Å². The third-order valence-electron chi connectivity index (χ3n) is 4.23. The van der Waals surface area contributed by atoms with Crippen molar-refractivity contribution in [3.63, 3.8) is 0 Å². The molecule has 3 rings (SSSR count). The molecule has 1 atom stereocenters. The van der Waals surface area contributed by atoms with E-state index < -0.39 is 0 Å². The van der Waals surface area contributed by atoms with Gasteiger partial charge in [0.2, 0.25) is 5.91 Å². The van der Waals surface area contributed by atoms with Crippen molar-refractivity contribution in [3.8, 4) is 5.75 Å². The zero-order valence-electron chi connectivity index (χ0n) is 13.6. The highest BCUT2D eigenvalue weighted by Gasteiger charge is 2.32. The number of thiophene rings is 1. The van der Waals surface area contributed by atoms with Crippen LogP contribution in [0.4, 0.5) is 0 Å². The van der Waals surface area contributed by atoms with E-state index in [-0.39, 0.29) is 11.9 Å². The molecule has 6 heteroatoms. The van der Waals surface area contributed by atoms with E-state index in [2.05, 4.69) is 15.2 Å². The molecule has 0 saturated carbocycles. The Morgan fingerprint density at radius 1 is 1.48 bits per heavy atom. The number of pyridine rings is 1. The number of nitrogens with one attached hydrogen (secondary N) is 1. The van der Waals surface area contributed by atoms with E-state index in [1.807, 2.05) is 37.6 Å². The van der Waals surface area contributed by atoms with Crippen molar-refractivity contribution in [1.29, 1.82) is 0 Å². The lowest BCUT2D eigenvalue weighted by molar-refractivity contribution is -0.129. The number of hydrogen-bond acceptors (Lipinski definition) is 5. The van der Waals surface area contributed by atoms with E-state index >= 15 is 0 Å². The maximum absolute atomic E-state index is 12.4. The van der Waals surface area contributed by atoms with Gasteiger partial charge in [-0.1, -0.05) is 6.07 Å². The minimum Gasteiger partial charge on any atom is -0.496 e. The standard InChI is InChI=1S/C17H21N3O2S/c1-11-9-19-13(12(2)16(11)22-3)10-20-7-6-18-17(21)15(20)14-5-4-8-23-14/h4-5,8-9,15H,6-7,10H2,1-3H3,(H,18,21)/t15-/m0/s1. The normalized spacial score (nSPS) is 18.7. The lowest BCUT2D eigenvalue weighted by Gasteiger charge is -2.34. The van der Waals surface area contributed by atoms with E-state index in [4.69, 9.17) is 4.74 Å². The van der Waals surface area contributed by atoms with Crippen molar-refractivity contribution in [2.75, 3.05) is 20.2 Å². The van der Waals surface area contributed by atoms with Crippen molar-refractivity contribution in [1.82, 2.24) is 15.2 Å². The molecule has 1 saturated heterocycles. The number of carbonyl (C=O) groups excluding carboxylic acids is 1. The molecule has 0 radical (unpaired) electrons. The molecule has 0 spiro atoms. The number of nitrogens with zero attached hydrogens (tertiary/aromatic N) is 2. The molecule has 122 valence electrons. The topological polar surface area (TPSA) is 54.5 Å². The molecule has 1 aliphatic heterocycles. The van der Waals surface area contributed by atoms with Crippen molar-refractivity contribution >= 4 is 17.2 Å². The van der Waals surface area contributed by atoms with Crippen molar-refractivity contribution in [3.05, 3.63) is 45.4 Å². The largest absolute Gasteiger partial charge is 0.496 e. The van der Waals surface area contributed by atoms with E-state index in [9.17, 15) is 4.79 Å². The van der Waals surface area contributed by atoms with Gasteiger partial charge in [-0.15, -0.1) is 11.3 Å². The zero-order valence-corrected chi connectivity index (χ0v) is 14.4. The molecule has 23 heavy (non-hydrogen) atoms. The molecule has 2 aromatic rings. The second kappa shape index (κ2) is 6.68. The summed E-state index contributed by atoms with van der Waals surface area (Å²) in [6, 6.07) is 3.76. The van der Waals surface area contributed by atoms with Crippen LogP contribution in [0.2, 0.25) is 0 Å². The lowest BCUT2D eigenvalue weighted by atomic mass is 10.1. The van der Waals surface area contributed by atoms with Crippen LogP contribution in [0.5, 0.6) is 5.75 Å². The van der Waals surface area contributed by atoms with Crippen LogP contribution in [0, 0.1) is 13.8 Å². The second-order valence-corrected chi connectivity index (χ2v) is 6.70. The summed E-state index contributed by atoms with van der Waals surface area (Å²) >= 11 is 1.61. The summed E-state index contributed by atoms with van der Waals surface area (Å²) in [5.41, 5.74) is 3.03. The molecule has 5 nitrogen and oxygen atoms in total. The van der Waals surface area contributed by atoms with Gasteiger partial charge in [0, 0.05) is 41.8 Å². The van der Waals surface area contributed by atoms with Gasteiger partial charge in [0.05, 0.1) is 12.8 Å². The molecule has 0 aliphatic carbocycles. The minimum atomic E-state index is -0.239. The second-order valence-electron chi connectivity index (χ2n) is 5.73. The summed E-state index contributed by atoms with van der Waals surface area (Å²) in [5, 5.41) is 4.97. The molecule has 1 N–H and O–H groups in total. The molecular formula is C17H21N3O2S.